The number of hydrogen-bond donors (Lipinski definition) is 0. The third-order valence-corrected chi connectivity index (χ3v) is 2.10. The minimum Gasteiger partial charge on any atom is -0.262 e. The second-order valence-corrected chi connectivity index (χ2v) is 3.48. The van der Waals surface area contributed by atoms with Crippen molar-refractivity contribution in [3.05, 3.63) is 36.4 Å². The third-order valence-electron chi connectivity index (χ3n) is 2.10. The molecule has 14 heavy (non-hydrogen) atoms. The zero-order valence-corrected chi connectivity index (χ0v) is 8.25. The van der Waals surface area contributed by atoms with Crippen molar-refractivity contribution in [2.45, 2.75) is 19.8 Å². The average Bonchev–Trinajstić information content (AvgIpc) is 2.71. The molecule has 0 saturated carbocycles. The van der Waals surface area contributed by atoms with Crippen LogP contribution >= 0.6 is 0 Å². The van der Waals surface area contributed by atoms with Crippen molar-refractivity contribution in [1.29, 1.82) is 0 Å². The van der Waals surface area contributed by atoms with Gasteiger partial charge in [-0.05, 0) is 17.5 Å². The molecule has 2 aromatic rings. The summed E-state index contributed by atoms with van der Waals surface area (Å²) < 4.78 is 1.71. The number of nitrogens with zero attached hydrogens (tertiary/aromatic N) is 4. The molecule has 0 saturated heterocycles. The number of aromatic nitrogens is 4. The Morgan fingerprint density at radius 3 is 2.79 bits per heavy atom. The largest absolute Gasteiger partial charge is 0.262 e. The second-order valence-electron chi connectivity index (χ2n) is 3.48. The van der Waals surface area contributed by atoms with Gasteiger partial charge in [-0.2, -0.15) is 0 Å². The predicted octanol–water partition coefficient (Wildman–Crippen LogP) is 1.79. The molecule has 0 aliphatic heterocycles. The third kappa shape index (κ3) is 1.64. The van der Waals surface area contributed by atoms with E-state index in [4.69, 9.17) is 0 Å². The average molecular weight is 188 g/mol. The van der Waals surface area contributed by atoms with E-state index in [9.17, 15) is 0 Å². The van der Waals surface area contributed by atoms with Crippen molar-refractivity contribution in [2.75, 3.05) is 0 Å². The monoisotopic (exact) mass is 188 g/mol. The van der Waals surface area contributed by atoms with Crippen LogP contribution in [-0.2, 0) is 0 Å². The SMILES string of the molecule is CC(C)c1cncc(-n2ccnn2)c1. The summed E-state index contributed by atoms with van der Waals surface area (Å²) in [6, 6.07) is 2.08. The quantitative estimate of drug-likeness (QED) is 0.721. The molecule has 0 bridgehead atoms. The van der Waals surface area contributed by atoms with E-state index < -0.39 is 0 Å². The Labute approximate surface area is 82.6 Å². The molecule has 0 spiro atoms. The van der Waals surface area contributed by atoms with Crippen molar-refractivity contribution < 1.29 is 0 Å². The van der Waals surface area contributed by atoms with Gasteiger partial charge in [-0.3, -0.25) is 4.98 Å². The first kappa shape index (κ1) is 8.87. The minimum absolute atomic E-state index is 0.478. The Bertz CT molecular complexity index is 406. The van der Waals surface area contributed by atoms with Gasteiger partial charge in [0.05, 0.1) is 24.3 Å². The summed E-state index contributed by atoms with van der Waals surface area (Å²) in [5.41, 5.74) is 2.16. The van der Waals surface area contributed by atoms with Gasteiger partial charge in [-0.25, -0.2) is 4.68 Å². The van der Waals surface area contributed by atoms with Crippen LogP contribution in [0.4, 0.5) is 0 Å². The summed E-state index contributed by atoms with van der Waals surface area (Å²) >= 11 is 0. The Morgan fingerprint density at radius 1 is 1.29 bits per heavy atom. The molecule has 4 heteroatoms. The van der Waals surface area contributed by atoms with Crippen LogP contribution < -0.4 is 0 Å². The second kappa shape index (κ2) is 3.57. The fraction of sp³-hybridized carbons (Fsp3) is 0.300. The number of rotatable bonds is 2. The molecular weight excluding hydrogens is 176 g/mol. The van der Waals surface area contributed by atoms with E-state index in [0.717, 1.165) is 5.69 Å². The van der Waals surface area contributed by atoms with E-state index in [1.807, 2.05) is 6.20 Å². The molecule has 0 aliphatic carbocycles. The molecule has 4 nitrogen and oxygen atoms in total. The molecule has 0 atom stereocenters. The lowest BCUT2D eigenvalue weighted by atomic mass is 10.1. The fourth-order valence-electron chi connectivity index (χ4n) is 1.23. The Balaban J connectivity index is 2.41. The predicted molar refractivity (Wildman–Crippen MR) is 53.2 cm³/mol. The van der Waals surface area contributed by atoms with E-state index in [2.05, 4.69) is 35.2 Å². The van der Waals surface area contributed by atoms with E-state index >= 15 is 0 Å². The molecule has 2 rings (SSSR count). The highest BCUT2D eigenvalue weighted by Crippen LogP contribution is 2.15. The maximum atomic E-state index is 4.17. The van der Waals surface area contributed by atoms with Gasteiger partial charge >= 0.3 is 0 Å². The molecule has 0 aromatic carbocycles. The molecule has 0 fully saturated rings. The van der Waals surface area contributed by atoms with E-state index in [1.165, 1.54) is 5.56 Å². The van der Waals surface area contributed by atoms with Crippen LogP contribution in [0.25, 0.3) is 5.69 Å². The summed E-state index contributed by atoms with van der Waals surface area (Å²) in [5, 5.41) is 7.67. The summed E-state index contributed by atoms with van der Waals surface area (Å²) in [6.45, 7) is 4.28. The molecular formula is C10H12N4. The van der Waals surface area contributed by atoms with Gasteiger partial charge in [0.25, 0.3) is 0 Å². The Kier molecular flexibility index (Phi) is 2.26. The lowest BCUT2D eigenvalue weighted by Crippen LogP contribution is -1.98. The maximum absolute atomic E-state index is 4.17. The van der Waals surface area contributed by atoms with Crippen LogP contribution in [0.15, 0.2) is 30.9 Å². The first-order chi connectivity index (χ1) is 6.77. The van der Waals surface area contributed by atoms with Crippen molar-refractivity contribution >= 4 is 0 Å². The normalized spacial score (nSPS) is 10.8. The molecule has 0 unspecified atom stereocenters. The van der Waals surface area contributed by atoms with Crippen molar-refractivity contribution in [2.24, 2.45) is 0 Å². The van der Waals surface area contributed by atoms with Crippen LogP contribution in [0.5, 0.6) is 0 Å². The highest BCUT2D eigenvalue weighted by atomic mass is 15.4. The highest BCUT2D eigenvalue weighted by Gasteiger charge is 2.02. The van der Waals surface area contributed by atoms with Crippen LogP contribution in [0.2, 0.25) is 0 Å². The van der Waals surface area contributed by atoms with E-state index in [0.29, 0.717) is 5.92 Å². The highest BCUT2D eigenvalue weighted by molar-refractivity contribution is 5.31. The van der Waals surface area contributed by atoms with Gasteiger partial charge in [0.1, 0.15) is 0 Å². The first-order valence-electron chi connectivity index (χ1n) is 4.59. The lowest BCUT2D eigenvalue weighted by molar-refractivity contribution is 0.789. The molecule has 2 heterocycles. The Morgan fingerprint density at radius 2 is 2.14 bits per heavy atom. The zero-order valence-electron chi connectivity index (χ0n) is 8.25. The van der Waals surface area contributed by atoms with E-state index in [1.54, 1.807) is 23.3 Å². The summed E-state index contributed by atoms with van der Waals surface area (Å²) in [4.78, 5) is 4.17. The summed E-state index contributed by atoms with van der Waals surface area (Å²) in [5.74, 6) is 0.478. The smallest absolute Gasteiger partial charge is 0.0849 e. The van der Waals surface area contributed by atoms with Gasteiger partial charge in [-0.15, -0.1) is 5.10 Å². The lowest BCUT2D eigenvalue weighted by Gasteiger charge is -2.06. The van der Waals surface area contributed by atoms with Gasteiger partial charge in [0.2, 0.25) is 0 Å². The number of hydrogen-bond acceptors (Lipinski definition) is 3. The van der Waals surface area contributed by atoms with Crippen molar-refractivity contribution in [3.8, 4) is 5.69 Å². The van der Waals surface area contributed by atoms with Crippen LogP contribution in [0.1, 0.15) is 25.3 Å². The minimum atomic E-state index is 0.478. The summed E-state index contributed by atoms with van der Waals surface area (Å²) in [6.07, 6.45) is 7.12. The Hall–Kier alpha value is -1.71. The topological polar surface area (TPSA) is 43.6 Å². The van der Waals surface area contributed by atoms with Crippen molar-refractivity contribution in [3.63, 3.8) is 0 Å². The van der Waals surface area contributed by atoms with Gasteiger partial charge in [0.15, 0.2) is 0 Å². The molecule has 2 aromatic heterocycles. The van der Waals surface area contributed by atoms with Crippen LogP contribution in [0, 0.1) is 0 Å². The number of pyridine rings is 1. The van der Waals surface area contributed by atoms with Gasteiger partial charge in [-0.1, -0.05) is 19.1 Å². The van der Waals surface area contributed by atoms with Gasteiger partial charge < -0.3 is 0 Å². The molecule has 0 N–H and O–H groups in total. The molecule has 0 amide bonds. The van der Waals surface area contributed by atoms with Crippen LogP contribution in [0.3, 0.4) is 0 Å². The maximum Gasteiger partial charge on any atom is 0.0849 e. The standard InChI is InChI=1S/C10H12N4/c1-8(2)9-5-10(7-11-6-9)14-4-3-12-13-14/h3-8H,1-2H3. The fourth-order valence-corrected chi connectivity index (χ4v) is 1.23. The van der Waals surface area contributed by atoms with E-state index in [-0.39, 0.29) is 0 Å². The molecule has 0 radical (unpaired) electrons. The molecule has 0 aliphatic rings. The molecule has 72 valence electrons. The van der Waals surface area contributed by atoms with Gasteiger partial charge in [0, 0.05) is 6.20 Å². The van der Waals surface area contributed by atoms with Crippen molar-refractivity contribution in [1.82, 2.24) is 20.0 Å². The van der Waals surface area contributed by atoms with Crippen LogP contribution in [-0.4, -0.2) is 20.0 Å². The zero-order chi connectivity index (χ0) is 9.97. The first-order valence-corrected chi connectivity index (χ1v) is 4.59. The summed E-state index contributed by atoms with van der Waals surface area (Å²) in [7, 11) is 0.